The first-order valence-electron chi connectivity index (χ1n) is 5.26. The SMILES string of the molecule is Nc1n[nH]nc1C(=O)NCCc1ccccc1. The number of anilines is 1. The summed E-state index contributed by atoms with van der Waals surface area (Å²) in [6, 6.07) is 9.91. The Morgan fingerprint density at radius 2 is 2.06 bits per heavy atom. The van der Waals surface area contributed by atoms with Crippen molar-refractivity contribution in [2.75, 3.05) is 12.3 Å². The molecule has 4 N–H and O–H groups in total. The molecule has 0 saturated carbocycles. The lowest BCUT2D eigenvalue weighted by molar-refractivity contribution is 0.0950. The highest BCUT2D eigenvalue weighted by Crippen LogP contribution is 2.02. The molecule has 6 heteroatoms. The van der Waals surface area contributed by atoms with E-state index in [2.05, 4.69) is 20.7 Å². The van der Waals surface area contributed by atoms with Gasteiger partial charge < -0.3 is 11.1 Å². The molecule has 88 valence electrons. The van der Waals surface area contributed by atoms with Crippen molar-refractivity contribution in [3.05, 3.63) is 41.6 Å². The number of hydrogen-bond acceptors (Lipinski definition) is 4. The second-order valence-corrected chi connectivity index (χ2v) is 3.55. The molecule has 0 unspecified atom stereocenters. The van der Waals surface area contributed by atoms with Crippen LogP contribution in [0.4, 0.5) is 5.82 Å². The number of nitrogens with one attached hydrogen (secondary N) is 2. The third kappa shape index (κ3) is 2.81. The number of aromatic nitrogens is 3. The molecule has 0 atom stereocenters. The predicted octanol–water partition coefficient (Wildman–Crippen LogP) is 0.359. The highest BCUT2D eigenvalue weighted by atomic mass is 16.2. The molecule has 6 nitrogen and oxygen atoms in total. The first-order valence-corrected chi connectivity index (χ1v) is 5.26. The average molecular weight is 231 g/mol. The van der Waals surface area contributed by atoms with E-state index in [1.807, 2.05) is 30.3 Å². The molecule has 0 saturated heterocycles. The first-order chi connectivity index (χ1) is 8.27. The van der Waals surface area contributed by atoms with Gasteiger partial charge >= 0.3 is 0 Å². The van der Waals surface area contributed by atoms with Gasteiger partial charge in [-0.3, -0.25) is 4.79 Å². The Balaban J connectivity index is 1.84. The van der Waals surface area contributed by atoms with E-state index in [9.17, 15) is 4.79 Å². The Bertz CT molecular complexity index is 494. The van der Waals surface area contributed by atoms with E-state index in [1.54, 1.807) is 0 Å². The van der Waals surface area contributed by atoms with Crippen molar-refractivity contribution >= 4 is 11.7 Å². The van der Waals surface area contributed by atoms with Crippen LogP contribution >= 0.6 is 0 Å². The standard InChI is InChI=1S/C11H13N5O/c12-10-9(14-16-15-10)11(17)13-7-6-8-4-2-1-3-5-8/h1-5H,6-7H2,(H,13,17)(H3,12,14,15,16). The van der Waals surface area contributed by atoms with Crippen LogP contribution in [0.15, 0.2) is 30.3 Å². The predicted molar refractivity (Wildman–Crippen MR) is 63.3 cm³/mol. The molecule has 1 amide bonds. The Kier molecular flexibility index (Phi) is 3.34. The number of carbonyl (C=O) groups is 1. The van der Waals surface area contributed by atoms with Crippen LogP contribution in [0.2, 0.25) is 0 Å². The molecule has 1 aromatic carbocycles. The van der Waals surface area contributed by atoms with E-state index in [4.69, 9.17) is 5.73 Å². The molecule has 0 radical (unpaired) electrons. The van der Waals surface area contributed by atoms with Crippen molar-refractivity contribution in [3.8, 4) is 0 Å². The van der Waals surface area contributed by atoms with Gasteiger partial charge in [-0.25, -0.2) is 0 Å². The van der Waals surface area contributed by atoms with Gasteiger partial charge in [0.1, 0.15) is 0 Å². The second kappa shape index (κ2) is 5.11. The summed E-state index contributed by atoms with van der Waals surface area (Å²) in [4.78, 5) is 11.6. The van der Waals surface area contributed by atoms with Gasteiger partial charge in [-0.2, -0.15) is 5.21 Å². The number of nitrogens with two attached hydrogens (primary N) is 1. The minimum atomic E-state index is -0.313. The molecule has 0 aliphatic heterocycles. The van der Waals surface area contributed by atoms with Crippen molar-refractivity contribution < 1.29 is 4.79 Å². The molecule has 2 aromatic rings. The lowest BCUT2D eigenvalue weighted by Gasteiger charge is -2.03. The minimum Gasteiger partial charge on any atom is -0.380 e. The molecule has 0 aliphatic rings. The molecule has 1 heterocycles. The average Bonchev–Trinajstić information content (AvgIpc) is 2.77. The van der Waals surface area contributed by atoms with Gasteiger partial charge in [0.15, 0.2) is 11.5 Å². The second-order valence-electron chi connectivity index (χ2n) is 3.55. The summed E-state index contributed by atoms with van der Waals surface area (Å²) in [5.41, 5.74) is 6.76. The normalized spacial score (nSPS) is 10.1. The van der Waals surface area contributed by atoms with E-state index < -0.39 is 0 Å². The van der Waals surface area contributed by atoms with E-state index in [1.165, 1.54) is 5.56 Å². The number of nitrogen functional groups attached to an aromatic ring is 1. The van der Waals surface area contributed by atoms with Crippen LogP contribution in [-0.2, 0) is 6.42 Å². The van der Waals surface area contributed by atoms with Crippen LogP contribution in [0, 0.1) is 0 Å². The van der Waals surface area contributed by atoms with Crippen molar-refractivity contribution in [1.29, 1.82) is 0 Å². The fourth-order valence-electron chi connectivity index (χ4n) is 1.45. The third-order valence-electron chi connectivity index (χ3n) is 2.33. The summed E-state index contributed by atoms with van der Waals surface area (Å²) in [6.07, 6.45) is 0.768. The summed E-state index contributed by atoms with van der Waals surface area (Å²) < 4.78 is 0. The lowest BCUT2D eigenvalue weighted by Crippen LogP contribution is -2.26. The van der Waals surface area contributed by atoms with E-state index in [0.717, 1.165) is 6.42 Å². The van der Waals surface area contributed by atoms with Gasteiger partial charge in [0.05, 0.1) is 0 Å². The molecule has 1 aromatic heterocycles. The number of amides is 1. The van der Waals surface area contributed by atoms with Gasteiger partial charge in [-0.1, -0.05) is 30.3 Å². The van der Waals surface area contributed by atoms with E-state index in [0.29, 0.717) is 6.54 Å². The quantitative estimate of drug-likeness (QED) is 0.707. The molecule has 0 fully saturated rings. The summed E-state index contributed by atoms with van der Waals surface area (Å²) in [5, 5.41) is 12.3. The smallest absolute Gasteiger partial charge is 0.275 e. The van der Waals surface area contributed by atoms with Crippen LogP contribution in [-0.4, -0.2) is 27.9 Å². The van der Waals surface area contributed by atoms with E-state index >= 15 is 0 Å². The van der Waals surface area contributed by atoms with Crippen LogP contribution in [0.3, 0.4) is 0 Å². The van der Waals surface area contributed by atoms with Crippen LogP contribution < -0.4 is 11.1 Å². The number of nitrogens with zero attached hydrogens (tertiary/aromatic N) is 2. The third-order valence-corrected chi connectivity index (χ3v) is 2.33. The topological polar surface area (TPSA) is 96.7 Å². The number of aromatic amines is 1. The zero-order valence-electron chi connectivity index (χ0n) is 9.18. The fourth-order valence-corrected chi connectivity index (χ4v) is 1.45. The number of H-pyrrole nitrogens is 1. The zero-order chi connectivity index (χ0) is 12.1. The Hall–Kier alpha value is -2.37. The van der Waals surface area contributed by atoms with Gasteiger partial charge in [0.2, 0.25) is 0 Å². The summed E-state index contributed by atoms with van der Waals surface area (Å²) in [5.74, 6) is -0.200. The number of hydrogen-bond donors (Lipinski definition) is 3. The monoisotopic (exact) mass is 231 g/mol. The minimum absolute atomic E-state index is 0.113. The fraction of sp³-hybridized carbons (Fsp3) is 0.182. The van der Waals surface area contributed by atoms with Gasteiger partial charge in [-0.15, -0.1) is 10.2 Å². The largest absolute Gasteiger partial charge is 0.380 e. The van der Waals surface area contributed by atoms with Gasteiger partial charge in [0.25, 0.3) is 5.91 Å². The molecular weight excluding hydrogens is 218 g/mol. The number of benzene rings is 1. The molecule has 0 aliphatic carbocycles. The maximum Gasteiger partial charge on any atom is 0.275 e. The molecule has 0 bridgehead atoms. The zero-order valence-corrected chi connectivity index (χ0v) is 9.18. The summed E-state index contributed by atoms with van der Waals surface area (Å²) in [7, 11) is 0. The summed E-state index contributed by atoms with van der Waals surface area (Å²) in [6.45, 7) is 0.537. The number of carbonyl (C=O) groups excluding carboxylic acids is 1. The van der Waals surface area contributed by atoms with Crippen molar-refractivity contribution in [2.24, 2.45) is 0 Å². The van der Waals surface area contributed by atoms with Crippen molar-refractivity contribution in [1.82, 2.24) is 20.7 Å². The maximum atomic E-state index is 11.6. The Morgan fingerprint density at radius 1 is 1.29 bits per heavy atom. The molecular formula is C11H13N5O. The Labute approximate surface area is 98.2 Å². The highest BCUT2D eigenvalue weighted by molar-refractivity contribution is 5.96. The van der Waals surface area contributed by atoms with Crippen LogP contribution in [0.1, 0.15) is 16.1 Å². The highest BCUT2D eigenvalue weighted by Gasteiger charge is 2.12. The van der Waals surface area contributed by atoms with Crippen molar-refractivity contribution in [3.63, 3.8) is 0 Å². The Morgan fingerprint density at radius 3 is 2.71 bits per heavy atom. The van der Waals surface area contributed by atoms with Crippen molar-refractivity contribution in [2.45, 2.75) is 6.42 Å². The maximum absolute atomic E-state index is 11.6. The molecule has 17 heavy (non-hydrogen) atoms. The van der Waals surface area contributed by atoms with Gasteiger partial charge in [-0.05, 0) is 12.0 Å². The van der Waals surface area contributed by atoms with Crippen LogP contribution in [0.25, 0.3) is 0 Å². The lowest BCUT2D eigenvalue weighted by atomic mass is 10.1. The summed E-state index contributed by atoms with van der Waals surface area (Å²) >= 11 is 0. The molecule has 0 spiro atoms. The van der Waals surface area contributed by atoms with E-state index in [-0.39, 0.29) is 17.4 Å². The molecule has 2 rings (SSSR count). The number of rotatable bonds is 4. The van der Waals surface area contributed by atoms with Crippen LogP contribution in [0.5, 0.6) is 0 Å². The van der Waals surface area contributed by atoms with Gasteiger partial charge in [0, 0.05) is 6.54 Å². The first kappa shape index (κ1) is 11.1.